The van der Waals surface area contributed by atoms with Crippen LogP contribution in [0.3, 0.4) is 0 Å². The van der Waals surface area contributed by atoms with Crippen molar-refractivity contribution < 1.29 is 36.0 Å². The van der Waals surface area contributed by atoms with Crippen molar-refractivity contribution >= 4 is 5.97 Å². The maximum atomic E-state index is 13.5. The van der Waals surface area contributed by atoms with E-state index in [4.69, 9.17) is 0 Å². The predicted molar refractivity (Wildman–Crippen MR) is 73.1 cm³/mol. The third kappa shape index (κ3) is 2.95. The number of hydrogen-bond donors (Lipinski definition) is 0. The number of benzene rings is 2. The van der Waals surface area contributed by atoms with E-state index < -0.39 is 46.6 Å². The Morgan fingerprint density at radius 2 is 1.44 bits per heavy atom. The van der Waals surface area contributed by atoms with Gasteiger partial charge >= 0.3 is 5.97 Å². The molecule has 9 heteroatoms. The lowest BCUT2D eigenvalue weighted by molar-refractivity contribution is 0.0672. The van der Waals surface area contributed by atoms with E-state index >= 15 is 0 Å². The monoisotopic (exact) mass is 355 g/mol. The van der Waals surface area contributed by atoms with Crippen LogP contribution in [0.4, 0.5) is 22.0 Å². The minimum atomic E-state index is -2.36. The van der Waals surface area contributed by atoms with E-state index in [2.05, 4.69) is 14.4 Å². The zero-order chi connectivity index (χ0) is 18.1. The Labute approximate surface area is 136 Å². The van der Waals surface area contributed by atoms with Crippen LogP contribution in [-0.2, 0) is 0 Å². The van der Waals surface area contributed by atoms with E-state index in [-0.39, 0.29) is 5.69 Å². The van der Waals surface area contributed by atoms with Gasteiger partial charge in [0.25, 0.3) is 0 Å². The highest BCUT2D eigenvalue weighted by Crippen LogP contribution is 2.30. The van der Waals surface area contributed by atoms with Gasteiger partial charge in [-0.1, -0.05) is 35.5 Å². The van der Waals surface area contributed by atoms with E-state index in [1.165, 1.54) is 0 Å². The van der Waals surface area contributed by atoms with Crippen LogP contribution in [0, 0.1) is 29.1 Å². The second-order valence-electron chi connectivity index (χ2n) is 4.73. The van der Waals surface area contributed by atoms with Gasteiger partial charge in [0.2, 0.25) is 40.6 Å². The molecule has 2 aromatic carbocycles. The van der Waals surface area contributed by atoms with Crippen LogP contribution in [-0.4, -0.2) is 11.1 Å². The first-order valence-corrected chi connectivity index (χ1v) is 6.66. The van der Waals surface area contributed by atoms with E-state index in [0.29, 0.717) is 5.56 Å². The molecule has 0 fully saturated rings. The van der Waals surface area contributed by atoms with Gasteiger partial charge in [0.1, 0.15) is 5.69 Å². The molecule has 4 nitrogen and oxygen atoms in total. The maximum Gasteiger partial charge on any atom is 0.382 e. The Morgan fingerprint density at radius 1 is 0.880 bits per heavy atom. The second-order valence-corrected chi connectivity index (χ2v) is 4.73. The summed E-state index contributed by atoms with van der Waals surface area (Å²) >= 11 is 0. The minimum Gasteiger partial charge on any atom is -0.414 e. The fourth-order valence-corrected chi connectivity index (χ4v) is 1.93. The van der Waals surface area contributed by atoms with E-state index in [9.17, 15) is 26.7 Å². The van der Waals surface area contributed by atoms with Gasteiger partial charge in [-0.05, 0) is 0 Å². The van der Waals surface area contributed by atoms with Crippen LogP contribution < -0.4 is 4.74 Å². The number of halogens is 5. The molecule has 0 unspecified atom stereocenters. The third-order valence-electron chi connectivity index (χ3n) is 3.15. The number of nitrogens with zero attached hydrogens (tertiary/aromatic N) is 1. The molecule has 0 aliphatic carbocycles. The molecule has 0 saturated carbocycles. The van der Waals surface area contributed by atoms with Gasteiger partial charge in [-0.3, -0.25) is 0 Å². The summed E-state index contributed by atoms with van der Waals surface area (Å²) in [6.07, 6.45) is 0. The zero-order valence-corrected chi connectivity index (χ0v) is 12.0. The molecule has 0 radical (unpaired) electrons. The normalized spacial score (nSPS) is 10.8. The summed E-state index contributed by atoms with van der Waals surface area (Å²) in [6, 6.07) is 9.52. The average Bonchev–Trinajstić information content (AvgIpc) is 3.13. The van der Waals surface area contributed by atoms with Gasteiger partial charge in [-0.15, -0.1) is 0 Å². The maximum absolute atomic E-state index is 13.5. The van der Waals surface area contributed by atoms with E-state index in [0.717, 1.165) is 6.07 Å². The fourth-order valence-electron chi connectivity index (χ4n) is 1.93. The van der Waals surface area contributed by atoms with Crippen molar-refractivity contribution in [1.82, 2.24) is 5.16 Å². The molecule has 0 aliphatic rings. The van der Waals surface area contributed by atoms with Crippen LogP contribution in [0.5, 0.6) is 5.75 Å². The van der Waals surface area contributed by atoms with Crippen molar-refractivity contribution in [1.29, 1.82) is 0 Å². The highest BCUT2D eigenvalue weighted by Gasteiger charge is 2.29. The van der Waals surface area contributed by atoms with Gasteiger partial charge in [0.15, 0.2) is 0 Å². The molecule has 1 heterocycles. The molecule has 0 atom stereocenters. The summed E-state index contributed by atoms with van der Waals surface area (Å²) in [6.45, 7) is 0. The Morgan fingerprint density at radius 3 is 2.04 bits per heavy atom. The first-order chi connectivity index (χ1) is 11.9. The number of carbonyl (C=O) groups is 1. The van der Waals surface area contributed by atoms with Crippen molar-refractivity contribution in [2.45, 2.75) is 0 Å². The zero-order valence-electron chi connectivity index (χ0n) is 12.0. The van der Waals surface area contributed by atoms with Gasteiger partial charge < -0.3 is 9.26 Å². The van der Waals surface area contributed by atoms with E-state index in [1.54, 1.807) is 30.3 Å². The molecule has 1 aromatic heterocycles. The van der Waals surface area contributed by atoms with Crippen LogP contribution in [0.25, 0.3) is 11.3 Å². The molecule has 3 rings (SSSR count). The summed E-state index contributed by atoms with van der Waals surface area (Å²) in [5.41, 5.74) is 0.784. The van der Waals surface area contributed by atoms with Crippen molar-refractivity contribution in [3.63, 3.8) is 0 Å². The van der Waals surface area contributed by atoms with Gasteiger partial charge in [0, 0.05) is 11.6 Å². The second kappa shape index (κ2) is 6.34. The van der Waals surface area contributed by atoms with Crippen molar-refractivity contribution in [2.24, 2.45) is 0 Å². The summed E-state index contributed by atoms with van der Waals surface area (Å²) < 4.78 is 75.1. The van der Waals surface area contributed by atoms with Crippen LogP contribution in [0.1, 0.15) is 10.6 Å². The summed E-state index contributed by atoms with van der Waals surface area (Å²) in [7, 11) is 0. The van der Waals surface area contributed by atoms with Crippen molar-refractivity contribution in [2.75, 3.05) is 0 Å². The quantitative estimate of drug-likeness (QED) is 0.232. The largest absolute Gasteiger partial charge is 0.414 e. The topological polar surface area (TPSA) is 52.3 Å². The first-order valence-electron chi connectivity index (χ1n) is 6.66. The van der Waals surface area contributed by atoms with Crippen LogP contribution >= 0.6 is 0 Å². The Balaban J connectivity index is 1.91. The molecule has 25 heavy (non-hydrogen) atoms. The fraction of sp³-hybridized carbons (Fsp3) is 0. The highest BCUT2D eigenvalue weighted by molar-refractivity contribution is 5.89. The SMILES string of the molecule is O=C(Oc1c(F)c(F)c(F)c(F)c1F)c1cc(-c2ccccc2)no1. The molecule has 3 aromatic rings. The van der Waals surface area contributed by atoms with Gasteiger partial charge in [-0.2, -0.15) is 8.78 Å². The molecule has 0 aliphatic heterocycles. The van der Waals surface area contributed by atoms with Crippen molar-refractivity contribution in [3.8, 4) is 17.0 Å². The molecule has 128 valence electrons. The third-order valence-corrected chi connectivity index (χ3v) is 3.15. The van der Waals surface area contributed by atoms with Crippen LogP contribution in [0.2, 0.25) is 0 Å². The molecule has 0 bridgehead atoms. The van der Waals surface area contributed by atoms with Gasteiger partial charge in [-0.25, -0.2) is 18.0 Å². The smallest absolute Gasteiger partial charge is 0.382 e. The van der Waals surface area contributed by atoms with E-state index in [1.807, 2.05) is 0 Å². The summed E-state index contributed by atoms with van der Waals surface area (Å²) in [5.74, 6) is -15.1. The molecule has 0 saturated heterocycles. The number of hydrogen-bond acceptors (Lipinski definition) is 4. The Bertz CT molecular complexity index is 927. The molecular weight excluding hydrogens is 349 g/mol. The number of aromatic nitrogens is 1. The lowest BCUT2D eigenvalue weighted by Crippen LogP contribution is -2.13. The van der Waals surface area contributed by atoms with Crippen LogP contribution in [0.15, 0.2) is 40.9 Å². The number of esters is 1. The molecular formula is C16H6F5NO3. The Kier molecular flexibility index (Phi) is 4.22. The standard InChI is InChI=1S/C16H6F5NO3/c17-10-11(18)13(20)15(14(21)12(10)19)24-16(23)9-6-8(22-25-9)7-4-2-1-3-5-7/h1-6H. The Hall–Kier alpha value is -3.23. The molecule has 0 N–H and O–H groups in total. The minimum absolute atomic E-state index is 0.213. The lowest BCUT2D eigenvalue weighted by atomic mass is 10.1. The lowest BCUT2D eigenvalue weighted by Gasteiger charge is -2.07. The molecule has 0 spiro atoms. The first kappa shape index (κ1) is 16.6. The average molecular weight is 355 g/mol. The summed E-state index contributed by atoms with van der Waals surface area (Å²) in [5, 5.41) is 3.57. The van der Waals surface area contributed by atoms with Crippen molar-refractivity contribution in [3.05, 3.63) is 71.2 Å². The predicted octanol–water partition coefficient (Wildman–Crippen LogP) is 4.26. The van der Waals surface area contributed by atoms with Gasteiger partial charge in [0.05, 0.1) is 0 Å². The summed E-state index contributed by atoms with van der Waals surface area (Å²) in [4.78, 5) is 11.8. The highest BCUT2D eigenvalue weighted by atomic mass is 19.2. The molecule has 0 amide bonds. The number of ether oxygens (including phenoxy) is 1. The number of rotatable bonds is 3. The number of carbonyl (C=O) groups excluding carboxylic acids is 1.